The molecular weight excluding hydrogens is 202 g/mol. The van der Waals surface area contributed by atoms with Crippen LogP contribution in [0.25, 0.3) is 0 Å². The van der Waals surface area contributed by atoms with E-state index in [1.54, 1.807) is 0 Å². The second-order valence-corrected chi connectivity index (χ2v) is 5.27. The third-order valence-electron chi connectivity index (χ3n) is 3.69. The molecule has 0 aliphatic carbocycles. The highest BCUT2D eigenvalue weighted by Gasteiger charge is 2.23. The maximum atomic E-state index is 9.05. The van der Waals surface area contributed by atoms with Crippen molar-refractivity contribution < 1.29 is 9.84 Å². The Morgan fingerprint density at radius 1 is 1.25 bits per heavy atom. The van der Waals surface area contributed by atoms with Gasteiger partial charge in [-0.1, -0.05) is 13.8 Å². The second-order valence-electron chi connectivity index (χ2n) is 5.27. The molecule has 0 aromatic heterocycles. The molecule has 0 amide bonds. The van der Waals surface area contributed by atoms with Crippen molar-refractivity contribution in [1.29, 1.82) is 0 Å². The minimum Gasteiger partial charge on any atom is -0.396 e. The molecule has 3 nitrogen and oxygen atoms in total. The standard InChI is InChI=1S/C13H27NO2/c1-10(2)13(4-7-15)14-11(3)12-5-8-16-9-6-12/h10-15H,4-9H2,1-3H3. The van der Waals surface area contributed by atoms with Crippen LogP contribution in [0.1, 0.15) is 40.0 Å². The van der Waals surface area contributed by atoms with Gasteiger partial charge >= 0.3 is 0 Å². The van der Waals surface area contributed by atoms with Crippen LogP contribution in [-0.2, 0) is 4.74 Å². The quantitative estimate of drug-likeness (QED) is 0.730. The van der Waals surface area contributed by atoms with Crippen LogP contribution in [0.5, 0.6) is 0 Å². The Labute approximate surface area is 99.6 Å². The molecular formula is C13H27NO2. The molecule has 2 atom stereocenters. The molecule has 1 rings (SSSR count). The van der Waals surface area contributed by atoms with E-state index in [1.165, 1.54) is 0 Å². The van der Waals surface area contributed by atoms with Crippen molar-refractivity contribution in [2.24, 2.45) is 11.8 Å². The van der Waals surface area contributed by atoms with Crippen LogP contribution in [0.15, 0.2) is 0 Å². The van der Waals surface area contributed by atoms with E-state index in [-0.39, 0.29) is 6.61 Å². The van der Waals surface area contributed by atoms with Crippen molar-refractivity contribution in [2.45, 2.75) is 52.1 Å². The summed E-state index contributed by atoms with van der Waals surface area (Å²) in [4.78, 5) is 0. The van der Waals surface area contributed by atoms with Crippen LogP contribution in [-0.4, -0.2) is 37.0 Å². The number of hydrogen-bond donors (Lipinski definition) is 2. The minimum absolute atomic E-state index is 0.274. The van der Waals surface area contributed by atoms with Crippen molar-refractivity contribution in [3.05, 3.63) is 0 Å². The summed E-state index contributed by atoms with van der Waals surface area (Å²) < 4.78 is 5.38. The fourth-order valence-electron chi connectivity index (χ4n) is 2.44. The summed E-state index contributed by atoms with van der Waals surface area (Å²) in [5, 5.41) is 12.7. The fourth-order valence-corrected chi connectivity index (χ4v) is 2.44. The topological polar surface area (TPSA) is 41.5 Å². The van der Waals surface area contributed by atoms with Crippen molar-refractivity contribution in [3.63, 3.8) is 0 Å². The first-order valence-corrected chi connectivity index (χ1v) is 6.59. The Balaban J connectivity index is 2.36. The van der Waals surface area contributed by atoms with Crippen LogP contribution in [0, 0.1) is 11.8 Å². The van der Waals surface area contributed by atoms with Gasteiger partial charge in [0.2, 0.25) is 0 Å². The second kappa shape index (κ2) is 7.25. The number of ether oxygens (including phenoxy) is 1. The molecule has 1 aliphatic rings. The Morgan fingerprint density at radius 2 is 1.88 bits per heavy atom. The zero-order valence-corrected chi connectivity index (χ0v) is 10.9. The smallest absolute Gasteiger partial charge is 0.0469 e. The van der Waals surface area contributed by atoms with E-state index < -0.39 is 0 Å². The molecule has 0 saturated carbocycles. The Kier molecular flexibility index (Phi) is 6.32. The molecule has 2 unspecified atom stereocenters. The zero-order valence-electron chi connectivity index (χ0n) is 10.9. The third kappa shape index (κ3) is 4.40. The van der Waals surface area contributed by atoms with Gasteiger partial charge in [-0.05, 0) is 38.0 Å². The molecule has 1 fully saturated rings. The average Bonchev–Trinajstić information content (AvgIpc) is 2.29. The van der Waals surface area contributed by atoms with E-state index >= 15 is 0 Å². The van der Waals surface area contributed by atoms with Crippen molar-refractivity contribution in [3.8, 4) is 0 Å². The van der Waals surface area contributed by atoms with E-state index in [0.29, 0.717) is 18.0 Å². The molecule has 96 valence electrons. The van der Waals surface area contributed by atoms with E-state index in [4.69, 9.17) is 9.84 Å². The largest absolute Gasteiger partial charge is 0.396 e. The Morgan fingerprint density at radius 3 is 2.38 bits per heavy atom. The number of nitrogens with one attached hydrogen (secondary N) is 1. The van der Waals surface area contributed by atoms with Crippen molar-refractivity contribution in [2.75, 3.05) is 19.8 Å². The van der Waals surface area contributed by atoms with Crippen molar-refractivity contribution >= 4 is 0 Å². The average molecular weight is 229 g/mol. The van der Waals surface area contributed by atoms with E-state index in [1.807, 2.05) is 0 Å². The van der Waals surface area contributed by atoms with Crippen LogP contribution >= 0.6 is 0 Å². The molecule has 0 radical (unpaired) electrons. The van der Waals surface area contributed by atoms with Gasteiger partial charge in [0.05, 0.1) is 0 Å². The fraction of sp³-hybridized carbons (Fsp3) is 1.00. The number of aliphatic hydroxyl groups is 1. The van der Waals surface area contributed by atoms with Gasteiger partial charge in [-0.3, -0.25) is 0 Å². The van der Waals surface area contributed by atoms with Crippen LogP contribution in [0.3, 0.4) is 0 Å². The first kappa shape index (κ1) is 13.9. The predicted octanol–water partition coefficient (Wildman–Crippen LogP) is 1.80. The van der Waals surface area contributed by atoms with Gasteiger partial charge in [-0.15, -0.1) is 0 Å². The lowest BCUT2D eigenvalue weighted by molar-refractivity contribution is 0.0527. The van der Waals surface area contributed by atoms with Gasteiger partial charge in [0.25, 0.3) is 0 Å². The highest BCUT2D eigenvalue weighted by molar-refractivity contribution is 4.80. The molecule has 0 spiro atoms. The van der Waals surface area contributed by atoms with Crippen LogP contribution in [0.4, 0.5) is 0 Å². The first-order chi connectivity index (χ1) is 7.65. The van der Waals surface area contributed by atoms with Gasteiger partial charge in [0.15, 0.2) is 0 Å². The Bertz CT molecular complexity index is 179. The monoisotopic (exact) mass is 229 g/mol. The van der Waals surface area contributed by atoms with Gasteiger partial charge in [0.1, 0.15) is 0 Å². The SMILES string of the molecule is CC(C)C(CCO)NC(C)C1CCOCC1. The van der Waals surface area contributed by atoms with E-state index in [0.717, 1.165) is 38.4 Å². The lowest BCUT2D eigenvalue weighted by Gasteiger charge is -2.33. The lowest BCUT2D eigenvalue weighted by atomic mass is 9.90. The van der Waals surface area contributed by atoms with E-state index in [2.05, 4.69) is 26.1 Å². The zero-order chi connectivity index (χ0) is 12.0. The summed E-state index contributed by atoms with van der Waals surface area (Å²) in [6.07, 6.45) is 3.18. The highest BCUT2D eigenvalue weighted by atomic mass is 16.5. The van der Waals surface area contributed by atoms with Crippen LogP contribution < -0.4 is 5.32 Å². The number of hydrogen-bond acceptors (Lipinski definition) is 3. The van der Waals surface area contributed by atoms with Crippen molar-refractivity contribution in [1.82, 2.24) is 5.32 Å². The molecule has 1 heterocycles. The minimum atomic E-state index is 0.274. The molecule has 0 bridgehead atoms. The van der Waals surface area contributed by atoms with Crippen LogP contribution in [0.2, 0.25) is 0 Å². The summed E-state index contributed by atoms with van der Waals surface area (Å²) in [5.74, 6) is 1.31. The molecule has 3 heteroatoms. The number of rotatable bonds is 6. The molecule has 2 N–H and O–H groups in total. The normalized spacial score (nSPS) is 22.3. The maximum Gasteiger partial charge on any atom is 0.0469 e. The molecule has 1 aliphatic heterocycles. The number of aliphatic hydroxyl groups excluding tert-OH is 1. The highest BCUT2D eigenvalue weighted by Crippen LogP contribution is 2.20. The van der Waals surface area contributed by atoms with E-state index in [9.17, 15) is 0 Å². The van der Waals surface area contributed by atoms with Gasteiger partial charge in [0, 0.05) is 31.9 Å². The maximum absolute atomic E-state index is 9.05. The summed E-state index contributed by atoms with van der Waals surface area (Å²) in [5.41, 5.74) is 0. The predicted molar refractivity (Wildman–Crippen MR) is 66.5 cm³/mol. The molecule has 1 saturated heterocycles. The first-order valence-electron chi connectivity index (χ1n) is 6.59. The molecule has 0 aromatic rings. The van der Waals surface area contributed by atoms with Gasteiger partial charge in [-0.25, -0.2) is 0 Å². The molecule has 0 aromatic carbocycles. The van der Waals surface area contributed by atoms with Gasteiger partial charge in [-0.2, -0.15) is 0 Å². The summed E-state index contributed by atoms with van der Waals surface area (Å²) in [6, 6.07) is 0.964. The third-order valence-corrected chi connectivity index (χ3v) is 3.69. The summed E-state index contributed by atoms with van der Waals surface area (Å²) >= 11 is 0. The van der Waals surface area contributed by atoms with Gasteiger partial charge < -0.3 is 15.2 Å². The summed E-state index contributed by atoms with van der Waals surface area (Å²) in [6.45, 7) is 8.78. The summed E-state index contributed by atoms with van der Waals surface area (Å²) in [7, 11) is 0. The molecule has 16 heavy (non-hydrogen) atoms. The Hall–Kier alpha value is -0.120. The lowest BCUT2D eigenvalue weighted by Crippen LogP contribution is -2.45.